The number of carbonyl (C=O) groups excluding carboxylic acids is 1. The fourth-order valence-electron chi connectivity index (χ4n) is 1.80. The summed E-state index contributed by atoms with van der Waals surface area (Å²) >= 11 is 4.38. The van der Waals surface area contributed by atoms with Crippen LogP contribution in [-0.4, -0.2) is 5.78 Å². The maximum atomic E-state index is 13.7. The van der Waals surface area contributed by atoms with Crippen molar-refractivity contribution in [3.63, 3.8) is 0 Å². The lowest BCUT2D eigenvalue weighted by Crippen LogP contribution is -2.02. The minimum atomic E-state index is -0.347. The zero-order chi connectivity index (χ0) is 15.6. The van der Waals surface area contributed by atoms with Crippen molar-refractivity contribution in [2.75, 3.05) is 11.1 Å². The van der Waals surface area contributed by atoms with E-state index in [9.17, 15) is 9.18 Å². The molecule has 0 saturated heterocycles. The van der Waals surface area contributed by atoms with Gasteiger partial charge < -0.3 is 11.1 Å². The molecule has 0 aliphatic rings. The van der Waals surface area contributed by atoms with Gasteiger partial charge in [0.2, 0.25) is 0 Å². The van der Waals surface area contributed by atoms with Crippen LogP contribution in [0.3, 0.4) is 0 Å². The van der Waals surface area contributed by atoms with Gasteiger partial charge in [-0.2, -0.15) is 5.26 Å². The molecule has 0 saturated carbocycles. The highest BCUT2D eigenvalue weighted by Crippen LogP contribution is 2.35. The van der Waals surface area contributed by atoms with E-state index < -0.39 is 0 Å². The summed E-state index contributed by atoms with van der Waals surface area (Å²) in [5.74, 6) is -0.545. The van der Waals surface area contributed by atoms with Gasteiger partial charge in [-0.1, -0.05) is 15.9 Å². The molecule has 3 N–H and O–H groups in total. The highest BCUT2D eigenvalue weighted by molar-refractivity contribution is 9.10. The van der Waals surface area contributed by atoms with Crippen molar-refractivity contribution >= 4 is 43.7 Å². The molecule has 0 unspecified atom stereocenters. The van der Waals surface area contributed by atoms with E-state index >= 15 is 0 Å². The van der Waals surface area contributed by atoms with Crippen LogP contribution in [0.25, 0.3) is 0 Å². The Bertz CT molecular complexity index is 751. The predicted molar refractivity (Wildman–Crippen MR) is 84.9 cm³/mol. The Labute approximate surface area is 133 Å². The molecule has 4 nitrogen and oxygen atoms in total. The van der Waals surface area contributed by atoms with Gasteiger partial charge in [-0.05, 0) is 18.2 Å². The van der Waals surface area contributed by atoms with Crippen molar-refractivity contribution in [1.29, 1.82) is 5.26 Å². The molecule has 1 aromatic heterocycles. The Kier molecular flexibility index (Phi) is 4.60. The van der Waals surface area contributed by atoms with Crippen LogP contribution < -0.4 is 11.1 Å². The highest BCUT2D eigenvalue weighted by Gasteiger charge is 2.18. The standard InChI is InChI=1S/C14H11BrFN3OS/c1-7(20)13-12(18)10(5-17)14(21-13)19-6-8-4-9(15)2-3-11(8)16/h2-4,19H,6,18H2,1H3. The molecular formula is C14H11BrFN3OS. The van der Waals surface area contributed by atoms with Crippen molar-refractivity contribution in [1.82, 2.24) is 0 Å². The second-order valence-electron chi connectivity index (χ2n) is 4.31. The molecule has 1 aromatic carbocycles. The average Bonchev–Trinajstić information content (AvgIpc) is 2.76. The van der Waals surface area contributed by atoms with Gasteiger partial charge in [0.05, 0.1) is 10.6 Å². The van der Waals surface area contributed by atoms with E-state index in [4.69, 9.17) is 11.0 Å². The number of benzene rings is 1. The number of ketones is 1. The molecule has 0 atom stereocenters. The SMILES string of the molecule is CC(=O)c1sc(NCc2cc(Br)ccc2F)c(C#N)c1N. The van der Waals surface area contributed by atoms with Crippen molar-refractivity contribution in [2.45, 2.75) is 13.5 Å². The van der Waals surface area contributed by atoms with E-state index in [1.807, 2.05) is 6.07 Å². The molecule has 2 rings (SSSR count). The van der Waals surface area contributed by atoms with Gasteiger partial charge in [0.15, 0.2) is 5.78 Å². The van der Waals surface area contributed by atoms with Gasteiger partial charge in [-0.15, -0.1) is 11.3 Å². The molecule has 0 aliphatic carbocycles. The topological polar surface area (TPSA) is 78.9 Å². The molecule has 108 valence electrons. The van der Waals surface area contributed by atoms with E-state index in [1.54, 1.807) is 12.1 Å². The maximum absolute atomic E-state index is 13.7. The lowest BCUT2D eigenvalue weighted by Gasteiger charge is -2.06. The molecular weight excluding hydrogens is 357 g/mol. The van der Waals surface area contributed by atoms with Crippen molar-refractivity contribution in [3.8, 4) is 6.07 Å². The number of nitriles is 1. The molecule has 0 fully saturated rings. The number of rotatable bonds is 4. The van der Waals surface area contributed by atoms with Crippen LogP contribution in [0.2, 0.25) is 0 Å². The van der Waals surface area contributed by atoms with E-state index in [0.717, 1.165) is 15.8 Å². The van der Waals surface area contributed by atoms with Gasteiger partial charge >= 0.3 is 0 Å². The summed E-state index contributed by atoms with van der Waals surface area (Å²) in [5, 5.41) is 12.6. The maximum Gasteiger partial charge on any atom is 0.171 e. The molecule has 1 heterocycles. The third-order valence-corrected chi connectivity index (χ3v) is 4.58. The Morgan fingerprint density at radius 3 is 2.90 bits per heavy atom. The zero-order valence-corrected chi connectivity index (χ0v) is 13.4. The number of nitrogen functional groups attached to an aromatic ring is 1. The third kappa shape index (κ3) is 3.23. The third-order valence-electron chi connectivity index (χ3n) is 2.82. The molecule has 7 heteroatoms. The minimum absolute atomic E-state index is 0.173. The first-order chi connectivity index (χ1) is 9.93. The normalized spacial score (nSPS) is 10.2. The number of nitrogens with zero attached hydrogens (tertiary/aromatic N) is 1. The second kappa shape index (κ2) is 6.24. The summed E-state index contributed by atoms with van der Waals surface area (Å²) < 4.78 is 14.4. The van der Waals surface area contributed by atoms with Crippen molar-refractivity contribution in [3.05, 3.63) is 44.5 Å². The summed E-state index contributed by atoms with van der Waals surface area (Å²) in [6.45, 7) is 1.58. The molecule has 2 aromatic rings. The number of thiophene rings is 1. The van der Waals surface area contributed by atoms with Crippen LogP contribution in [0.5, 0.6) is 0 Å². The Hall–Kier alpha value is -1.91. The summed E-state index contributed by atoms with van der Waals surface area (Å²) in [7, 11) is 0. The summed E-state index contributed by atoms with van der Waals surface area (Å²) in [6, 6.07) is 6.58. The van der Waals surface area contributed by atoms with Gasteiger partial charge in [0.25, 0.3) is 0 Å². The minimum Gasteiger partial charge on any atom is -0.396 e. The smallest absolute Gasteiger partial charge is 0.171 e. The Balaban J connectivity index is 2.28. The first-order valence-electron chi connectivity index (χ1n) is 5.95. The lowest BCUT2D eigenvalue weighted by molar-refractivity contribution is 0.102. The summed E-state index contributed by atoms with van der Waals surface area (Å²) in [5.41, 5.74) is 6.63. The van der Waals surface area contributed by atoms with E-state index in [0.29, 0.717) is 15.4 Å². The van der Waals surface area contributed by atoms with Gasteiger partial charge in [-0.3, -0.25) is 4.79 Å². The number of carbonyl (C=O) groups is 1. The number of hydrogen-bond acceptors (Lipinski definition) is 5. The van der Waals surface area contributed by atoms with Crippen molar-refractivity contribution < 1.29 is 9.18 Å². The van der Waals surface area contributed by atoms with Gasteiger partial charge in [0.1, 0.15) is 22.5 Å². The van der Waals surface area contributed by atoms with Crippen LogP contribution >= 0.6 is 27.3 Å². The van der Waals surface area contributed by atoms with Crippen LogP contribution in [0, 0.1) is 17.1 Å². The van der Waals surface area contributed by atoms with Crippen LogP contribution in [0.15, 0.2) is 22.7 Å². The first kappa shape index (κ1) is 15.5. The monoisotopic (exact) mass is 367 g/mol. The fraction of sp³-hybridized carbons (Fsp3) is 0.143. The van der Waals surface area contributed by atoms with Crippen LogP contribution in [0.4, 0.5) is 15.1 Å². The average molecular weight is 368 g/mol. The number of halogens is 2. The fourth-order valence-corrected chi connectivity index (χ4v) is 3.17. The molecule has 0 amide bonds. The van der Waals surface area contributed by atoms with E-state index in [1.165, 1.54) is 13.0 Å². The van der Waals surface area contributed by atoms with Crippen LogP contribution in [-0.2, 0) is 6.54 Å². The molecule has 0 aliphatic heterocycles. The van der Waals surface area contributed by atoms with Gasteiger partial charge in [0, 0.05) is 23.5 Å². The zero-order valence-electron chi connectivity index (χ0n) is 11.0. The largest absolute Gasteiger partial charge is 0.396 e. The second-order valence-corrected chi connectivity index (χ2v) is 6.24. The predicted octanol–water partition coefficient (Wildman–Crippen LogP) is 3.92. The van der Waals surface area contributed by atoms with E-state index in [-0.39, 0.29) is 29.4 Å². The van der Waals surface area contributed by atoms with Gasteiger partial charge in [-0.25, -0.2) is 4.39 Å². The van der Waals surface area contributed by atoms with E-state index in [2.05, 4.69) is 21.2 Å². The van der Waals surface area contributed by atoms with Crippen molar-refractivity contribution in [2.24, 2.45) is 0 Å². The summed E-state index contributed by atoms with van der Waals surface area (Å²) in [4.78, 5) is 11.8. The number of nitrogens with one attached hydrogen (secondary N) is 1. The Morgan fingerprint density at radius 2 is 2.29 bits per heavy atom. The summed E-state index contributed by atoms with van der Waals surface area (Å²) in [6.07, 6.45) is 0. The molecule has 0 spiro atoms. The highest BCUT2D eigenvalue weighted by atomic mass is 79.9. The molecule has 21 heavy (non-hydrogen) atoms. The lowest BCUT2D eigenvalue weighted by atomic mass is 10.2. The Morgan fingerprint density at radius 1 is 1.57 bits per heavy atom. The quantitative estimate of drug-likeness (QED) is 0.802. The number of anilines is 2. The number of nitrogens with two attached hydrogens (primary N) is 1. The van der Waals surface area contributed by atoms with Crippen LogP contribution in [0.1, 0.15) is 27.7 Å². The molecule has 0 bridgehead atoms. The number of Topliss-reactive ketones (excluding diaryl/α,β-unsaturated/α-hetero) is 1. The number of hydrogen-bond donors (Lipinski definition) is 2. The molecule has 0 radical (unpaired) electrons. The first-order valence-corrected chi connectivity index (χ1v) is 7.56.